The summed E-state index contributed by atoms with van der Waals surface area (Å²) in [6.45, 7) is 5.85. The first-order valence-corrected chi connectivity index (χ1v) is 8.20. The number of benzene rings is 1. The van der Waals surface area contributed by atoms with Crippen molar-refractivity contribution in [2.24, 2.45) is 0 Å². The highest BCUT2D eigenvalue weighted by molar-refractivity contribution is 5.89. The first kappa shape index (κ1) is 17.7. The van der Waals surface area contributed by atoms with E-state index in [9.17, 15) is 9.59 Å². The minimum atomic E-state index is -0.314. The van der Waals surface area contributed by atoms with Crippen LogP contribution in [0.4, 0.5) is 0 Å². The van der Waals surface area contributed by atoms with E-state index in [0.717, 1.165) is 23.2 Å². The van der Waals surface area contributed by atoms with E-state index < -0.39 is 0 Å². The Bertz CT molecular complexity index is 698. The largest absolute Gasteiger partial charge is 0.462 e. The van der Waals surface area contributed by atoms with Crippen LogP contribution in [0.15, 0.2) is 43.1 Å². The van der Waals surface area contributed by atoms with Gasteiger partial charge in [-0.15, -0.1) is 0 Å². The Kier molecular flexibility index (Phi) is 6.55. The van der Waals surface area contributed by atoms with Crippen molar-refractivity contribution in [1.29, 1.82) is 0 Å². The molecule has 4 nitrogen and oxygen atoms in total. The molecule has 0 aliphatic rings. The number of Topliss-reactive ketones (excluding diaryl/α,β-unsaturated/α-hetero) is 1. The highest BCUT2D eigenvalue weighted by atomic mass is 16.5. The lowest BCUT2D eigenvalue weighted by molar-refractivity contribution is -0.119. The van der Waals surface area contributed by atoms with Crippen molar-refractivity contribution in [2.75, 3.05) is 6.61 Å². The lowest BCUT2D eigenvalue weighted by atomic mass is 10.0. The zero-order valence-corrected chi connectivity index (χ0v) is 14.0. The summed E-state index contributed by atoms with van der Waals surface area (Å²) >= 11 is 0. The summed E-state index contributed by atoms with van der Waals surface area (Å²) in [6.07, 6.45) is 6.15. The zero-order chi connectivity index (χ0) is 17.4. The van der Waals surface area contributed by atoms with Crippen molar-refractivity contribution in [3.63, 3.8) is 0 Å². The third-order valence-corrected chi connectivity index (χ3v) is 3.84. The second-order valence-electron chi connectivity index (χ2n) is 5.62. The van der Waals surface area contributed by atoms with Crippen molar-refractivity contribution in [3.8, 4) is 0 Å². The fraction of sp³-hybridized carbons (Fsp3) is 0.300. The van der Waals surface area contributed by atoms with Crippen molar-refractivity contribution >= 4 is 17.8 Å². The number of carbonyl (C=O) groups excluding carboxylic acids is 2. The maximum atomic E-state index is 12.0. The summed E-state index contributed by atoms with van der Waals surface area (Å²) < 4.78 is 4.95. The van der Waals surface area contributed by atoms with Crippen molar-refractivity contribution < 1.29 is 14.3 Å². The molecule has 0 amide bonds. The van der Waals surface area contributed by atoms with Gasteiger partial charge in [0.1, 0.15) is 5.78 Å². The summed E-state index contributed by atoms with van der Waals surface area (Å²) in [5.74, 6) is -0.0728. The Hall–Kier alpha value is -2.62. The molecule has 0 saturated heterocycles. The molecule has 2 rings (SSSR count). The Morgan fingerprint density at radius 2 is 1.79 bits per heavy atom. The maximum absolute atomic E-state index is 12.0. The number of esters is 1. The molecule has 0 bridgehead atoms. The van der Waals surface area contributed by atoms with E-state index in [-0.39, 0.29) is 11.8 Å². The van der Waals surface area contributed by atoms with Gasteiger partial charge in [-0.3, -0.25) is 4.79 Å². The number of hydrogen-bond acceptors (Lipinski definition) is 3. The molecule has 0 fully saturated rings. The lowest BCUT2D eigenvalue weighted by Gasteiger charge is -2.04. The van der Waals surface area contributed by atoms with Crippen molar-refractivity contribution in [2.45, 2.75) is 32.6 Å². The Morgan fingerprint density at radius 3 is 2.38 bits per heavy atom. The van der Waals surface area contributed by atoms with Crippen LogP contribution >= 0.6 is 0 Å². The van der Waals surface area contributed by atoms with Crippen molar-refractivity contribution in [1.82, 2.24) is 4.98 Å². The zero-order valence-electron chi connectivity index (χ0n) is 14.0. The molecule has 0 saturated carbocycles. The normalized spacial score (nSPS) is 10.4. The van der Waals surface area contributed by atoms with E-state index in [1.807, 2.05) is 24.4 Å². The fourth-order valence-electron chi connectivity index (χ4n) is 2.44. The van der Waals surface area contributed by atoms with Gasteiger partial charge in [0.2, 0.25) is 0 Å². The molecule has 0 aliphatic heterocycles. The van der Waals surface area contributed by atoms with E-state index in [1.165, 1.54) is 0 Å². The lowest BCUT2D eigenvalue weighted by Crippen LogP contribution is -2.05. The maximum Gasteiger partial charge on any atom is 0.338 e. The molecule has 4 heteroatoms. The van der Waals surface area contributed by atoms with Gasteiger partial charge in [0, 0.05) is 24.7 Å². The van der Waals surface area contributed by atoms with Gasteiger partial charge in [-0.2, -0.15) is 0 Å². The average molecular weight is 325 g/mol. The van der Waals surface area contributed by atoms with Gasteiger partial charge in [0.15, 0.2) is 0 Å². The first-order chi connectivity index (χ1) is 11.6. The standard InChI is InChI=1S/C20H23NO3/c1-3-18-13-16(14-21-18)8-12-19(22)11-7-15-5-9-17(10-6-15)20(23)24-4-2/h3,5-6,9-10,13-14,21H,1,4,7-8,11-12H2,2H3. The highest BCUT2D eigenvalue weighted by Gasteiger charge is 2.07. The molecule has 1 N–H and O–H groups in total. The number of rotatable bonds is 9. The van der Waals surface area contributed by atoms with E-state index >= 15 is 0 Å². The third-order valence-electron chi connectivity index (χ3n) is 3.84. The summed E-state index contributed by atoms with van der Waals surface area (Å²) in [4.78, 5) is 26.7. The average Bonchev–Trinajstić information content (AvgIpc) is 3.07. The van der Waals surface area contributed by atoms with Crippen LogP contribution in [-0.4, -0.2) is 23.3 Å². The Morgan fingerprint density at radius 1 is 1.12 bits per heavy atom. The molecule has 0 spiro atoms. The number of nitrogens with one attached hydrogen (secondary N) is 1. The first-order valence-electron chi connectivity index (χ1n) is 8.20. The Balaban J connectivity index is 1.76. The molecule has 1 aromatic heterocycles. The molecule has 0 atom stereocenters. The molecule has 126 valence electrons. The molecule has 24 heavy (non-hydrogen) atoms. The van der Waals surface area contributed by atoms with Crippen LogP contribution in [0.1, 0.15) is 46.9 Å². The Labute approximate surface area is 142 Å². The number of aromatic nitrogens is 1. The van der Waals surface area contributed by atoms with Gasteiger partial charge < -0.3 is 9.72 Å². The fourth-order valence-corrected chi connectivity index (χ4v) is 2.44. The van der Waals surface area contributed by atoms with Gasteiger partial charge >= 0.3 is 5.97 Å². The van der Waals surface area contributed by atoms with Gasteiger partial charge in [-0.25, -0.2) is 4.79 Å². The summed E-state index contributed by atoms with van der Waals surface area (Å²) in [6, 6.07) is 9.25. The molecular weight excluding hydrogens is 302 g/mol. The van der Waals surface area contributed by atoms with E-state index in [1.54, 1.807) is 25.1 Å². The number of ether oxygens (including phenoxy) is 1. The molecule has 2 aromatic rings. The molecular formula is C20H23NO3. The molecule has 0 radical (unpaired) electrons. The monoisotopic (exact) mass is 325 g/mol. The third kappa shape index (κ3) is 5.23. The predicted octanol–water partition coefficient (Wildman–Crippen LogP) is 3.97. The minimum absolute atomic E-state index is 0.242. The smallest absolute Gasteiger partial charge is 0.338 e. The number of carbonyl (C=O) groups is 2. The van der Waals surface area contributed by atoms with Crippen LogP contribution in [-0.2, 0) is 22.4 Å². The second kappa shape index (κ2) is 8.87. The van der Waals surface area contributed by atoms with E-state index in [4.69, 9.17) is 4.74 Å². The molecule has 0 unspecified atom stereocenters. The summed E-state index contributed by atoms with van der Waals surface area (Å²) in [5, 5.41) is 0. The number of aromatic amines is 1. The highest BCUT2D eigenvalue weighted by Crippen LogP contribution is 2.11. The van der Waals surface area contributed by atoms with Crippen LogP contribution in [0.5, 0.6) is 0 Å². The topological polar surface area (TPSA) is 59.2 Å². The minimum Gasteiger partial charge on any atom is -0.462 e. The van der Waals surface area contributed by atoms with Gasteiger partial charge in [0.05, 0.1) is 12.2 Å². The van der Waals surface area contributed by atoms with E-state index in [0.29, 0.717) is 31.4 Å². The number of hydrogen-bond donors (Lipinski definition) is 1. The molecule has 1 heterocycles. The number of H-pyrrole nitrogens is 1. The van der Waals surface area contributed by atoms with Crippen LogP contribution in [0.2, 0.25) is 0 Å². The summed E-state index contributed by atoms with van der Waals surface area (Å²) in [7, 11) is 0. The SMILES string of the molecule is C=Cc1cc(CCC(=O)CCc2ccc(C(=O)OCC)cc2)c[nH]1. The van der Waals surface area contributed by atoms with Crippen LogP contribution in [0.3, 0.4) is 0 Å². The van der Waals surface area contributed by atoms with Gasteiger partial charge in [-0.05, 0) is 55.2 Å². The quantitative estimate of drug-likeness (QED) is 0.710. The van der Waals surface area contributed by atoms with E-state index in [2.05, 4.69) is 11.6 Å². The van der Waals surface area contributed by atoms with Gasteiger partial charge in [-0.1, -0.05) is 18.7 Å². The van der Waals surface area contributed by atoms with Crippen molar-refractivity contribution in [3.05, 3.63) is 65.5 Å². The van der Waals surface area contributed by atoms with Crippen LogP contribution in [0, 0.1) is 0 Å². The van der Waals surface area contributed by atoms with Crippen LogP contribution < -0.4 is 0 Å². The molecule has 0 aliphatic carbocycles. The predicted molar refractivity (Wildman–Crippen MR) is 94.9 cm³/mol. The summed E-state index contributed by atoms with van der Waals surface area (Å²) in [5.41, 5.74) is 3.68. The second-order valence-corrected chi connectivity index (χ2v) is 5.62. The van der Waals surface area contributed by atoms with Gasteiger partial charge in [0.25, 0.3) is 0 Å². The molecule has 1 aromatic carbocycles. The number of ketones is 1. The van der Waals surface area contributed by atoms with Crippen LogP contribution in [0.25, 0.3) is 6.08 Å². The number of aryl methyl sites for hydroxylation is 2.